The van der Waals surface area contributed by atoms with Gasteiger partial charge in [-0.15, -0.1) is 0 Å². The minimum atomic E-state index is -0.424. The molecule has 0 saturated heterocycles. The smallest absolute Gasteiger partial charge is 0.343 e. The van der Waals surface area contributed by atoms with Crippen LogP contribution < -0.4 is 9.47 Å². The zero-order valence-electron chi connectivity index (χ0n) is 24.0. The van der Waals surface area contributed by atoms with Crippen molar-refractivity contribution in [3.8, 4) is 22.6 Å². The molecule has 0 bridgehead atoms. The lowest BCUT2D eigenvalue weighted by molar-refractivity contribution is 0.00226. The van der Waals surface area contributed by atoms with Gasteiger partial charge in [0.25, 0.3) is 0 Å². The third-order valence-electron chi connectivity index (χ3n) is 6.38. The number of ether oxygens (including phenoxy) is 4. The van der Waals surface area contributed by atoms with Gasteiger partial charge in [0, 0.05) is 6.61 Å². The fourth-order valence-corrected chi connectivity index (χ4v) is 4.12. The van der Waals surface area contributed by atoms with Crippen LogP contribution >= 0.6 is 0 Å². The molecular weight excluding hydrogens is 504 g/mol. The minimum Gasteiger partial charge on any atom is -0.494 e. The molecular formula is C34H42O6. The molecule has 0 N–H and O–H groups in total. The lowest BCUT2D eigenvalue weighted by atomic mass is 10.0. The monoisotopic (exact) mass is 546 g/mol. The van der Waals surface area contributed by atoms with Crippen molar-refractivity contribution < 1.29 is 28.5 Å². The van der Waals surface area contributed by atoms with Crippen molar-refractivity contribution in [2.45, 2.75) is 71.8 Å². The number of benzene rings is 3. The summed E-state index contributed by atoms with van der Waals surface area (Å²) < 4.78 is 22.2. The van der Waals surface area contributed by atoms with Crippen molar-refractivity contribution in [3.05, 3.63) is 83.9 Å². The Morgan fingerprint density at radius 1 is 0.625 bits per heavy atom. The molecule has 0 aromatic heterocycles. The Hall–Kier alpha value is -3.64. The number of esters is 2. The normalized spacial score (nSPS) is 11.6. The van der Waals surface area contributed by atoms with Gasteiger partial charge in [-0.3, -0.25) is 0 Å². The van der Waals surface area contributed by atoms with Crippen LogP contribution in [0.4, 0.5) is 0 Å². The molecule has 3 aromatic rings. The van der Waals surface area contributed by atoms with E-state index in [1.807, 2.05) is 38.1 Å². The first-order chi connectivity index (χ1) is 19.5. The van der Waals surface area contributed by atoms with Crippen LogP contribution in [0.1, 0.15) is 86.4 Å². The highest BCUT2D eigenvalue weighted by molar-refractivity contribution is 5.91. The first kappa shape index (κ1) is 30.9. The van der Waals surface area contributed by atoms with Gasteiger partial charge in [0.05, 0.1) is 24.3 Å². The molecule has 0 aliphatic carbocycles. The summed E-state index contributed by atoms with van der Waals surface area (Å²) in [5.41, 5.74) is 2.82. The van der Waals surface area contributed by atoms with Gasteiger partial charge in [0.1, 0.15) is 17.6 Å². The molecule has 3 aromatic carbocycles. The van der Waals surface area contributed by atoms with Crippen LogP contribution in [0, 0.1) is 0 Å². The summed E-state index contributed by atoms with van der Waals surface area (Å²) in [6, 6.07) is 21.5. The van der Waals surface area contributed by atoms with E-state index in [4.69, 9.17) is 18.9 Å². The van der Waals surface area contributed by atoms with Gasteiger partial charge in [0.2, 0.25) is 0 Å². The van der Waals surface area contributed by atoms with Crippen LogP contribution in [0.25, 0.3) is 11.1 Å². The van der Waals surface area contributed by atoms with Gasteiger partial charge < -0.3 is 18.9 Å². The van der Waals surface area contributed by atoms with E-state index in [-0.39, 0.29) is 12.1 Å². The zero-order chi connectivity index (χ0) is 28.6. The van der Waals surface area contributed by atoms with Gasteiger partial charge in [0.15, 0.2) is 0 Å². The Morgan fingerprint density at radius 3 is 1.82 bits per heavy atom. The fourth-order valence-electron chi connectivity index (χ4n) is 4.12. The topological polar surface area (TPSA) is 71.1 Å². The predicted molar refractivity (Wildman–Crippen MR) is 158 cm³/mol. The second-order valence-corrected chi connectivity index (χ2v) is 9.92. The van der Waals surface area contributed by atoms with Crippen molar-refractivity contribution in [3.63, 3.8) is 0 Å². The van der Waals surface area contributed by atoms with Crippen LogP contribution in [0.15, 0.2) is 72.8 Å². The van der Waals surface area contributed by atoms with Gasteiger partial charge in [-0.05, 0) is 79.4 Å². The lowest BCUT2D eigenvalue weighted by Gasteiger charge is -2.13. The summed E-state index contributed by atoms with van der Waals surface area (Å²) in [6.07, 6.45) is 7.92. The third kappa shape index (κ3) is 10.5. The van der Waals surface area contributed by atoms with E-state index < -0.39 is 5.97 Å². The quantitative estimate of drug-likeness (QED) is 0.0964. The zero-order valence-corrected chi connectivity index (χ0v) is 24.0. The average Bonchev–Trinajstić information content (AvgIpc) is 2.97. The summed E-state index contributed by atoms with van der Waals surface area (Å²) in [6.45, 7) is 7.78. The van der Waals surface area contributed by atoms with Crippen molar-refractivity contribution >= 4 is 11.9 Å². The second kappa shape index (κ2) is 17.1. The Bertz CT molecular complexity index is 1150. The molecule has 1 atom stereocenters. The molecule has 3 rings (SSSR count). The Balaban J connectivity index is 1.45. The summed E-state index contributed by atoms with van der Waals surface area (Å²) >= 11 is 0. The van der Waals surface area contributed by atoms with E-state index in [0.717, 1.165) is 29.7 Å². The fraction of sp³-hybridized carbons (Fsp3) is 0.412. The SMILES string of the molecule is CCCCCCCCOc1ccc(C(=O)Oc2ccc(-c3ccc(C(=O)O[C@H](C)COCCC)cc3)cc2)cc1. The van der Waals surface area contributed by atoms with Crippen LogP contribution in [0.5, 0.6) is 11.5 Å². The average molecular weight is 547 g/mol. The maximum Gasteiger partial charge on any atom is 0.343 e. The Labute approximate surface area is 238 Å². The third-order valence-corrected chi connectivity index (χ3v) is 6.38. The maximum absolute atomic E-state index is 12.6. The van der Waals surface area contributed by atoms with Crippen LogP contribution in [0.3, 0.4) is 0 Å². The molecule has 0 spiro atoms. The first-order valence-corrected chi connectivity index (χ1v) is 14.4. The largest absolute Gasteiger partial charge is 0.494 e. The van der Waals surface area contributed by atoms with Crippen LogP contribution in [-0.2, 0) is 9.47 Å². The number of rotatable bonds is 17. The number of hydrogen-bond acceptors (Lipinski definition) is 6. The van der Waals surface area contributed by atoms with E-state index in [9.17, 15) is 9.59 Å². The molecule has 0 unspecified atom stereocenters. The van der Waals surface area contributed by atoms with Gasteiger partial charge >= 0.3 is 11.9 Å². The molecule has 0 fully saturated rings. The number of carbonyl (C=O) groups is 2. The molecule has 214 valence electrons. The molecule has 0 aliphatic rings. The van der Waals surface area contributed by atoms with E-state index in [1.54, 1.807) is 48.5 Å². The molecule has 0 radical (unpaired) electrons. The summed E-state index contributed by atoms with van der Waals surface area (Å²) in [5, 5.41) is 0. The highest BCUT2D eigenvalue weighted by Gasteiger charge is 2.13. The number of hydrogen-bond donors (Lipinski definition) is 0. The second-order valence-electron chi connectivity index (χ2n) is 9.92. The molecule has 0 saturated carbocycles. The van der Waals surface area contributed by atoms with Crippen molar-refractivity contribution in [1.29, 1.82) is 0 Å². The van der Waals surface area contributed by atoms with Crippen molar-refractivity contribution in [2.24, 2.45) is 0 Å². The van der Waals surface area contributed by atoms with Crippen molar-refractivity contribution in [1.82, 2.24) is 0 Å². The minimum absolute atomic E-state index is 0.310. The Morgan fingerprint density at radius 2 is 1.18 bits per heavy atom. The highest BCUT2D eigenvalue weighted by atomic mass is 16.6. The van der Waals surface area contributed by atoms with Gasteiger partial charge in [-0.1, -0.05) is 70.2 Å². The lowest BCUT2D eigenvalue weighted by Crippen LogP contribution is -2.20. The summed E-state index contributed by atoms with van der Waals surface area (Å²) in [5.74, 6) is 0.409. The van der Waals surface area contributed by atoms with Crippen LogP contribution in [0.2, 0.25) is 0 Å². The molecule has 0 aliphatic heterocycles. The molecule has 6 heteroatoms. The van der Waals surface area contributed by atoms with Crippen molar-refractivity contribution in [2.75, 3.05) is 19.8 Å². The van der Waals surface area contributed by atoms with E-state index >= 15 is 0 Å². The number of carbonyl (C=O) groups excluding carboxylic acids is 2. The van der Waals surface area contributed by atoms with Crippen LogP contribution in [-0.4, -0.2) is 37.9 Å². The number of unbranched alkanes of at least 4 members (excludes halogenated alkanes) is 5. The summed E-state index contributed by atoms with van der Waals surface area (Å²) in [4.78, 5) is 25.0. The predicted octanol–water partition coefficient (Wildman–Crippen LogP) is 8.28. The first-order valence-electron chi connectivity index (χ1n) is 14.4. The van der Waals surface area contributed by atoms with E-state index in [0.29, 0.717) is 36.7 Å². The van der Waals surface area contributed by atoms with E-state index in [1.165, 1.54) is 32.1 Å². The molecule has 0 amide bonds. The highest BCUT2D eigenvalue weighted by Crippen LogP contribution is 2.24. The molecule has 40 heavy (non-hydrogen) atoms. The van der Waals surface area contributed by atoms with Gasteiger partial charge in [-0.2, -0.15) is 0 Å². The maximum atomic E-state index is 12.6. The standard InChI is InChI=1S/C34H42O6/c1-4-6-7-8-9-10-24-38-31-19-17-30(18-20-31)34(36)40-32-21-15-28(16-22-32)27-11-13-29(14-12-27)33(35)39-26(3)25-37-23-5-2/h11-22,26H,4-10,23-25H2,1-3H3/t26-/m1/s1. The van der Waals surface area contributed by atoms with Gasteiger partial charge in [-0.25, -0.2) is 9.59 Å². The Kier molecular flexibility index (Phi) is 13.2. The molecule has 0 heterocycles. The summed E-state index contributed by atoms with van der Waals surface area (Å²) in [7, 11) is 0. The van der Waals surface area contributed by atoms with E-state index in [2.05, 4.69) is 6.92 Å². The molecule has 6 nitrogen and oxygen atoms in total.